The molecule has 10 aromatic rings. The number of benzene rings is 6. The number of amides is 7. The molecule has 4 aliphatic carbocycles. The zero-order chi connectivity index (χ0) is 102. The number of piperidine rings is 8. The molecule has 12 aliphatic heterocycles. The van der Waals surface area contributed by atoms with Crippen LogP contribution in [0.4, 0.5) is 48.3 Å². The number of hydrogen-bond acceptors (Lipinski definition) is 18. The van der Waals surface area contributed by atoms with E-state index in [9.17, 15) is 116 Å². The van der Waals surface area contributed by atoms with Crippen LogP contribution in [0.25, 0.3) is 0 Å². The molecule has 29 nitrogen and oxygen atoms in total. The number of nitrogens with one attached hydrogen (secondary N) is 3. The van der Waals surface area contributed by atoms with Crippen molar-refractivity contribution >= 4 is 47.3 Å². The Morgan fingerprint density at radius 2 is 0.646 bits per heavy atom. The number of carbonyl (C=O) groups is 8. The van der Waals surface area contributed by atoms with E-state index in [-0.39, 0.29) is 161 Å². The van der Waals surface area contributed by atoms with Crippen molar-refractivity contribution in [3.8, 4) is 23.0 Å². The average molecular weight is 2000 g/mol. The van der Waals surface area contributed by atoms with Crippen LogP contribution in [0, 0.1) is 87.7 Å². The minimum atomic E-state index is -1.18. The number of rotatable bonds is 18. The molecule has 16 heterocycles. The molecule has 8 saturated heterocycles. The van der Waals surface area contributed by atoms with Gasteiger partial charge in [-0.3, -0.25) is 52.7 Å². The van der Waals surface area contributed by atoms with Gasteiger partial charge in [-0.25, -0.2) is 53.1 Å². The minimum absolute atomic E-state index is 0.00289. The summed E-state index contributed by atoms with van der Waals surface area (Å²) in [5.41, 5.74) is 0.894. The summed E-state index contributed by atoms with van der Waals surface area (Å²) in [6.45, 7) is 1.98. The number of fused-ring (bicyclic) bond motifs is 12. The van der Waals surface area contributed by atoms with Gasteiger partial charge in [-0.15, -0.1) is 0 Å². The second-order valence-corrected chi connectivity index (χ2v) is 38.0. The molecule has 7 amide bonds. The van der Waals surface area contributed by atoms with Gasteiger partial charge in [-0.2, -0.15) is 0 Å². The van der Waals surface area contributed by atoms with Crippen molar-refractivity contribution in [3.05, 3.63) is 323 Å². The van der Waals surface area contributed by atoms with Crippen LogP contribution in [0.5, 0.6) is 23.0 Å². The van der Waals surface area contributed by atoms with Crippen LogP contribution in [0.2, 0.25) is 0 Å². The van der Waals surface area contributed by atoms with Gasteiger partial charge in [0.05, 0.1) is 30.8 Å². The first kappa shape index (κ1) is 99.4. The zero-order valence-electron chi connectivity index (χ0n) is 77.6. The number of hydrogen-bond donors (Lipinski definition) is 6. The number of pyridine rings is 4. The average Bonchev–Trinajstić information content (AvgIpc) is 0.738. The predicted octanol–water partition coefficient (Wildman–Crippen LogP) is 13.2. The zero-order valence-corrected chi connectivity index (χ0v) is 77.6. The van der Waals surface area contributed by atoms with Gasteiger partial charge in [0.25, 0.3) is 41.4 Å². The van der Waals surface area contributed by atoms with Gasteiger partial charge in [0, 0.05) is 166 Å². The van der Waals surface area contributed by atoms with Crippen molar-refractivity contribution in [3.63, 3.8) is 0 Å². The topological polar surface area (TPSA) is 368 Å². The molecule has 0 spiro atoms. The monoisotopic (exact) mass is 2000 g/mol. The van der Waals surface area contributed by atoms with Crippen LogP contribution in [-0.2, 0) is 70.3 Å². The molecule has 7 N–H and O–H groups in total. The first-order chi connectivity index (χ1) is 69.1. The van der Waals surface area contributed by atoms with E-state index < -0.39 is 157 Å². The van der Waals surface area contributed by atoms with E-state index in [1.54, 1.807) is 21.0 Å². The molecule has 754 valence electrons. The summed E-state index contributed by atoms with van der Waals surface area (Å²) in [6.07, 6.45) is 21.2. The van der Waals surface area contributed by atoms with E-state index in [4.69, 9.17) is 19.9 Å². The lowest BCUT2D eigenvalue weighted by Gasteiger charge is -2.54. The molecule has 26 rings (SSSR count). The molecule has 4 atom stereocenters. The Kier molecular flexibility index (Phi) is 28.5. The van der Waals surface area contributed by atoms with Crippen LogP contribution in [-0.4, -0.2) is 150 Å². The van der Waals surface area contributed by atoms with E-state index >= 15 is 0 Å². The van der Waals surface area contributed by atoms with Crippen molar-refractivity contribution in [1.29, 1.82) is 0 Å². The largest absolute Gasteiger partial charge is 0.503 e. The fraction of sp³-hybridized carbons (Fsp3) is 0.385. The fourth-order valence-corrected chi connectivity index (χ4v) is 22.9. The van der Waals surface area contributed by atoms with E-state index in [0.29, 0.717) is 92.3 Å². The van der Waals surface area contributed by atoms with E-state index in [0.717, 1.165) is 120 Å². The lowest BCUT2D eigenvalue weighted by atomic mass is 9.73. The van der Waals surface area contributed by atoms with Crippen LogP contribution in [0.15, 0.2) is 159 Å². The maximum atomic E-state index is 14.1. The van der Waals surface area contributed by atoms with Gasteiger partial charge in [0.1, 0.15) is 99.5 Å². The summed E-state index contributed by atoms with van der Waals surface area (Å²) >= 11 is 0. The Labute approximate surface area is 814 Å². The Bertz CT molecular complexity index is 6990. The first-order valence-corrected chi connectivity index (χ1v) is 47.8. The predicted molar refractivity (Wildman–Crippen MR) is 493 cm³/mol. The first-order valence-electron chi connectivity index (χ1n) is 47.8. The molecule has 0 radical (unpaired) electrons. The lowest BCUT2D eigenvalue weighted by Crippen LogP contribution is -2.62. The second kappa shape index (κ2) is 41.3. The molecule has 6 aromatic carbocycles. The van der Waals surface area contributed by atoms with E-state index in [2.05, 4.69) is 16.0 Å². The summed E-state index contributed by atoms with van der Waals surface area (Å²) in [7, 11) is 0. The second-order valence-electron chi connectivity index (χ2n) is 38.0. The third-order valence-electron chi connectivity index (χ3n) is 29.9. The van der Waals surface area contributed by atoms with Crippen molar-refractivity contribution in [2.45, 2.75) is 224 Å². The van der Waals surface area contributed by atoms with Gasteiger partial charge in [-0.05, 0) is 151 Å². The number of esters is 1. The van der Waals surface area contributed by atoms with Gasteiger partial charge in [0.15, 0.2) is 45.8 Å². The Morgan fingerprint density at radius 1 is 0.354 bits per heavy atom. The normalized spacial score (nSPS) is 22.1. The highest BCUT2D eigenvalue weighted by atomic mass is 19.2. The van der Waals surface area contributed by atoms with Crippen molar-refractivity contribution < 1.29 is 111 Å². The third kappa shape index (κ3) is 19.3. The molecule has 4 aromatic heterocycles. The van der Waals surface area contributed by atoms with Crippen molar-refractivity contribution in [2.24, 2.45) is 29.4 Å². The molecule has 0 unspecified atom stereocenters. The Balaban J connectivity index is 0.000000122. The van der Waals surface area contributed by atoms with Gasteiger partial charge in [0.2, 0.25) is 21.7 Å². The Morgan fingerprint density at radius 3 is 0.972 bits per heavy atom. The highest BCUT2D eigenvalue weighted by Gasteiger charge is 2.54. The number of aromatic hydroxyl groups is 2. The van der Waals surface area contributed by atoms with E-state index in [1.165, 1.54) is 40.0 Å². The lowest BCUT2D eigenvalue weighted by molar-refractivity contribution is -0.0186. The smallest absolute Gasteiger partial charge is 0.343 e. The van der Waals surface area contributed by atoms with Crippen molar-refractivity contribution in [2.75, 3.05) is 6.61 Å². The standard InChI is InChI=1S/C29H26F3N3O4.C24H26N2O5.C22H20F3N3O4.C22H21F2N3O4.C7H6F3N/c30-18-10-22(31)20(23(32)11-18)12-33-28(37)21-13-34-14-24-17-6-8-19(9-7-17)35(24)29(38)25(34)27(26(21)36)39-15-16-4-2-1-3-5-16;1-2-30-24(29)18-12-25-13-19-16-8-10-17(11-9-16)26(19)23(28)20(25)22(21(18)27)31-14-15-6-4-3-5-7-15;23-11-5-15(24)13(16(25)6-11)7-26-21(31)14-8-27-9-17-10-1-3-12(4-2-10)28(17)22(32)18(27)20(30)19(14)29;23-13-4-1-12(16(24)7-13)8-25-21(30)15-9-26-10-17-11-2-5-14(6-3-11)27(17)22(31)18(26)20(29)19(15)28;8-4-1-6(9)5(3-11)7(10)2-4/h1-5,10-11,13,17,19,24H,6-9,12,14-15H2,(H,33,37);3-7,12,16-17,19H,2,8-11,13-14H2,1H3;5-6,8,10,12,17,30H,1-4,7,9H2,(H,26,31);1,4,7,9,11,14,17,29H,2-3,5-6,8,10H2,(H,25,30);1-2H,3,11H2/t17?,19?,24-;16?,17?,19-;10?,12?,17-;11?,14?,17-;/m1111./s1. The minimum Gasteiger partial charge on any atom is -0.503 e. The summed E-state index contributed by atoms with van der Waals surface area (Å²) in [4.78, 5) is 164. The third-order valence-corrected chi connectivity index (χ3v) is 29.9. The quantitative estimate of drug-likeness (QED) is 0.0343. The number of carbonyl (C=O) groups excluding carboxylic acids is 8. The Hall–Kier alpha value is -14.7. The molecular formula is C104H99F11N12O17. The molecule has 16 aliphatic rings. The van der Waals surface area contributed by atoms with Gasteiger partial charge in [-0.1, -0.05) is 66.7 Å². The summed E-state index contributed by atoms with van der Waals surface area (Å²) < 4.78 is 170. The summed E-state index contributed by atoms with van der Waals surface area (Å²) in [6, 6.07) is 25.3. The number of ether oxygens (including phenoxy) is 3. The van der Waals surface area contributed by atoms with Gasteiger partial charge >= 0.3 is 5.97 Å². The summed E-state index contributed by atoms with van der Waals surface area (Å²) in [5, 5.41) is 28.0. The van der Waals surface area contributed by atoms with E-state index in [1.807, 2.05) is 75.4 Å². The number of aromatic nitrogens is 4. The number of nitrogens with zero attached hydrogens (tertiary/aromatic N) is 8. The molecule has 12 fully saturated rings. The molecule has 40 heteroatoms. The maximum absolute atomic E-state index is 14.1. The highest BCUT2D eigenvalue weighted by Crippen LogP contribution is 2.49. The van der Waals surface area contributed by atoms with Gasteiger partial charge < -0.3 is 84.0 Å². The molecular weight excluding hydrogens is 1900 g/mol. The van der Waals surface area contributed by atoms with Crippen LogP contribution in [0.3, 0.4) is 0 Å². The SMILES string of the molecule is CCOC(=O)c1cn2c(c(OCc3ccccc3)c1=O)C(=O)N1C3CCC(CC3)[C@H]1C2.NCc1c(F)cc(F)cc1F.O=C(NCc1c(F)cc(F)cc1F)c1cn2c(c(O)c1=O)C(=O)N1C3CCC(CC3)[C@H]1C2.O=C(NCc1c(F)cc(F)cc1F)c1cn2c(c(OCc3ccccc3)c1=O)C(=O)N1C3CCC(CC3)[C@H]1C2.O=C(NCc1ccc(F)cc1F)c1cn2c(c(O)c1=O)C(=O)N1C3CCC(CC3)[C@H]1C2. The summed E-state index contributed by atoms with van der Waals surface area (Å²) in [5.74, 6) is -16.2. The van der Waals surface area contributed by atoms with Crippen molar-refractivity contribution in [1.82, 2.24) is 53.8 Å². The van der Waals surface area contributed by atoms with Crippen LogP contribution >= 0.6 is 0 Å². The van der Waals surface area contributed by atoms with Crippen LogP contribution in [0.1, 0.15) is 226 Å². The molecule has 8 bridgehead atoms. The highest BCUT2D eigenvalue weighted by molar-refractivity contribution is 6.03. The maximum Gasteiger partial charge on any atom is 0.343 e. The number of halogens is 11. The fourth-order valence-electron chi connectivity index (χ4n) is 22.9. The molecule has 4 saturated carbocycles. The number of nitrogens with two attached hydrogens (primary N) is 1. The van der Waals surface area contributed by atoms with Crippen LogP contribution < -0.4 is 52.9 Å². The molecule has 144 heavy (non-hydrogen) atoms.